The normalized spacial score (nSPS) is 11.3. The molecule has 0 aliphatic heterocycles. The summed E-state index contributed by atoms with van der Waals surface area (Å²) in [6, 6.07) is 0. The van der Waals surface area contributed by atoms with Gasteiger partial charge < -0.3 is 10.2 Å². The van der Waals surface area contributed by atoms with E-state index >= 15 is 0 Å². The lowest BCUT2D eigenvalue weighted by Crippen LogP contribution is -2.15. The van der Waals surface area contributed by atoms with E-state index in [4.69, 9.17) is 10.2 Å². The van der Waals surface area contributed by atoms with Crippen LogP contribution in [0.2, 0.25) is 0 Å². The number of aryl methyl sites for hydroxylation is 1. The lowest BCUT2D eigenvalue weighted by atomic mass is 10.3. The van der Waals surface area contributed by atoms with Gasteiger partial charge in [-0.2, -0.15) is 0 Å². The number of nitrogens with one attached hydrogen (secondary N) is 1. The number of aliphatic hydroxyl groups is 1. The third-order valence-electron chi connectivity index (χ3n) is 2.55. The molecule has 118 valence electrons. The van der Waals surface area contributed by atoms with Crippen molar-refractivity contribution in [1.82, 2.24) is 15.0 Å². The van der Waals surface area contributed by atoms with Gasteiger partial charge in [0.05, 0.1) is 17.9 Å². The molecular weight excluding hydrogens is 332 g/mol. The molecule has 22 heavy (non-hydrogen) atoms. The summed E-state index contributed by atoms with van der Waals surface area (Å²) in [4.78, 5) is 22.1. The van der Waals surface area contributed by atoms with E-state index in [2.05, 4.69) is 19.7 Å². The van der Waals surface area contributed by atoms with E-state index in [1.165, 1.54) is 5.51 Å². The Morgan fingerprint density at radius 2 is 1.95 bits per heavy atom. The number of carboxylic acids is 1. The predicted molar refractivity (Wildman–Crippen MR) is 77.3 cm³/mol. The standard InChI is InChI=1S/C11H12N4O5S2/c16-3-1-2-8-12-4-7(5-13-8)22(19,20)15-10-9(11(17)18)14-6-21-10/h4-6,15-16H,1-3H2,(H,17,18). The molecule has 0 fully saturated rings. The molecule has 0 radical (unpaired) electrons. The molecule has 2 aromatic heterocycles. The van der Waals surface area contributed by atoms with E-state index in [1.54, 1.807) is 0 Å². The number of aromatic nitrogens is 3. The van der Waals surface area contributed by atoms with Crippen molar-refractivity contribution in [2.75, 3.05) is 11.3 Å². The quantitative estimate of drug-likeness (QED) is 0.653. The van der Waals surface area contributed by atoms with Gasteiger partial charge in [-0.3, -0.25) is 4.72 Å². The number of sulfonamides is 1. The highest BCUT2D eigenvalue weighted by molar-refractivity contribution is 7.93. The number of anilines is 1. The Balaban J connectivity index is 2.19. The third-order valence-corrected chi connectivity index (χ3v) is 4.72. The Kier molecular flexibility index (Phi) is 5.00. The molecule has 2 heterocycles. The zero-order chi connectivity index (χ0) is 16.2. The van der Waals surface area contributed by atoms with Gasteiger partial charge in [-0.25, -0.2) is 28.2 Å². The van der Waals surface area contributed by atoms with E-state index in [-0.39, 0.29) is 22.2 Å². The Hall–Kier alpha value is -2.11. The number of nitrogens with zero attached hydrogens (tertiary/aromatic N) is 3. The molecule has 0 aliphatic rings. The number of carboxylic acid groups (broad SMARTS) is 1. The van der Waals surface area contributed by atoms with Crippen molar-refractivity contribution in [2.45, 2.75) is 17.7 Å². The summed E-state index contributed by atoms with van der Waals surface area (Å²) in [5.74, 6) is -0.911. The maximum atomic E-state index is 12.2. The molecule has 0 amide bonds. The second-order valence-electron chi connectivity index (χ2n) is 4.10. The Morgan fingerprint density at radius 1 is 1.27 bits per heavy atom. The van der Waals surface area contributed by atoms with Crippen LogP contribution in [0.1, 0.15) is 22.7 Å². The largest absolute Gasteiger partial charge is 0.476 e. The number of rotatable bonds is 7. The zero-order valence-corrected chi connectivity index (χ0v) is 12.8. The van der Waals surface area contributed by atoms with Gasteiger partial charge in [0.25, 0.3) is 10.0 Å². The minimum Gasteiger partial charge on any atom is -0.476 e. The second-order valence-corrected chi connectivity index (χ2v) is 6.64. The first-order valence-electron chi connectivity index (χ1n) is 6.05. The van der Waals surface area contributed by atoms with E-state index < -0.39 is 16.0 Å². The predicted octanol–water partition coefficient (Wildman–Crippen LogP) is 0.357. The number of hydrogen-bond acceptors (Lipinski definition) is 8. The first kappa shape index (κ1) is 16.3. The van der Waals surface area contributed by atoms with Crippen LogP contribution >= 0.6 is 11.3 Å². The van der Waals surface area contributed by atoms with E-state index in [0.717, 1.165) is 23.7 Å². The first-order chi connectivity index (χ1) is 10.4. The van der Waals surface area contributed by atoms with Gasteiger partial charge >= 0.3 is 5.97 Å². The Labute approximate surface area is 129 Å². The van der Waals surface area contributed by atoms with Gasteiger partial charge in [0.1, 0.15) is 15.7 Å². The first-order valence-corrected chi connectivity index (χ1v) is 8.41. The Morgan fingerprint density at radius 3 is 2.55 bits per heavy atom. The van der Waals surface area contributed by atoms with Crippen molar-refractivity contribution in [1.29, 1.82) is 0 Å². The highest BCUT2D eigenvalue weighted by atomic mass is 32.2. The number of thiazole rings is 1. The number of aromatic carboxylic acids is 1. The fraction of sp³-hybridized carbons (Fsp3) is 0.273. The van der Waals surface area contributed by atoms with Crippen LogP contribution in [-0.2, 0) is 16.4 Å². The van der Waals surface area contributed by atoms with Gasteiger partial charge in [-0.1, -0.05) is 0 Å². The topological polar surface area (TPSA) is 142 Å². The van der Waals surface area contributed by atoms with Gasteiger partial charge in [0.15, 0.2) is 5.69 Å². The van der Waals surface area contributed by atoms with Crippen LogP contribution in [0, 0.1) is 0 Å². The number of carbonyl (C=O) groups is 1. The molecule has 3 N–H and O–H groups in total. The highest BCUT2D eigenvalue weighted by Gasteiger charge is 2.21. The molecule has 0 saturated heterocycles. The van der Waals surface area contributed by atoms with Crippen LogP contribution in [0.15, 0.2) is 22.8 Å². The van der Waals surface area contributed by atoms with Crippen molar-refractivity contribution in [3.05, 3.63) is 29.4 Å². The molecule has 2 aromatic rings. The third kappa shape index (κ3) is 3.75. The molecule has 0 bridgehead atoms. The van der Waals surface area contributed by atoms with Crippen molar-refractivity contribution < 1.29 is 23.4 Å². The molecule has 0 atom stereocenters. The molecular formula is C11H12N4O5S2. The van der Waals surface area contributed by atoms with Crippen molar-refractivity contribution in [2.24, 2.45) is 0 Å². The minimum absolute atomic E-state index is 0.00565. The van der Waals surface area contributed by atoms with Crippen LogP contribution < -0.4 is 4.72 Å². The summed E-state index contributed by atoms with van der Waals surface area (Å²) < 4.78 is 26.5. The molecule has 0 unspecified atom stereocenters. The summed E-state index contributed by atoms with van der Waals surface area (Å²) in [6.45, 7) is -0.00565. The average Bonchev–Trinajstić information content (AvgIpc) is 2.93. The molecule has 2 rings (SSSR count). The van der Waals surface area contributed by atoms with Gasteiger partial charge in [0.2, 0.25) is 0 Å². The fourth-order valence-electron chi connectivity index (χ4n) is 1.50. The van der Waals surface area contributed by atoms with Crippen LogP contribution in [0.3, 0.4) is 0 Å². The van der Waals surface area contributed by atoms with E-state index in [1.807, 2.05) is 0 Å². The van der Waals surface area contributed by atoms with E-state index in [0.29, 0.717) is 18.7 Å². The van der Waals surface area contributed by atoms with Crippen LogP contribution in [0.5, 0.6) is 0 Å². The molecule has 0 saturated carbocycles. The monoisotopic (exact) mass is 344 g/mol. The molecule has 9 nitrogen and oxygen atoms in total. The summed E-state index contributed by atoms with van der Waals surface area (Å²) in [7, 11) is -3.99. The van der Waals surface area contributed by atoms with Crippen LogP contribution in [-0.4, -0.2) is 46.2 Å². The van der Waals surface area contributed by atoms with Crippen molar-refractivity contribution in [3.63, 3.8) is 0 Å². The average molecular weight is 344 g/mol. The minimum atomic E-state index is -3.99. The molecule has 0 aliphatic carbocycles. The van der Waals surface area contributed by atoms with Crippen molar-refractivity contribution >= 4 is 32.3 Å². The summed E-state index contributed by atoms with van der Waals surface area (Å²) in [5, 5.41) is 17.5. The Bertz CT molecular complexity index is 757. The second kappa shape index (κ2) is 6.77. The van der Waals surface area contributed by atoms with Gasteiger partial charge in [-0.05, 0) is 6.42 Å². The molecule has 0 aromatic carbocycles. The zero-order valence-electron chi connectivity index (χ0n) is 11.1. The van der Waals surface area contributed by atoms with Crippen LogP contribution in [0.25, 0.3) is 0 Å². The lowest BCUT2D eigenvalue weighted by Gasteiger charge is -2.06. The smallest absolute Gasteiger partial charge is 0.357 e. The van der Waals surface area contributed by atoms with Gasteiger partial charge in [0, 0.05) is 13.0 Å². The maximum absolute atomic E-state index is 12.2. The van der Waals surface area contributed by atoms with Crippen molar-refractivity contribution in [3.8, 4) is 0 Å². The number of aliphatic hydroxyl groups excluding tert-OH is 1. The SMILES string of the molecule is O=C(O)c1ncsc1NS(=O)(=O)c1cnc(CCCO)nc1. The highest BCUT2D eigenvalue weighted by Crippen LogP contribution is 2.23. The fourth-order valence-corrected chi connectivity index (χ4v) is 3.38. The molecule has 11 heteroatoms. The lowest BCUT2D eigenvalue weighted by molar-refractivity contribution is 0.0692. The van der Waals surface area contributed by atoms with E-state index in [9.17, 15) is 13.2 Å². The number of hydrogen-bond donors (Lipinski definition) is 3. The molecule has 0 spiro atoms. The summed E-state index contributed by atoms with van der Waals surface area (Å²) in [5.41, 5.74) is 0.865. The van der Waals surface area contributed by atoms with Crippen LogP contribution in [0.4, 0.5) is 5.00 Å². The van der Waals surface area contributed by atoms with Gasteiger partial charge in [-0.15, -0.1) is 11.3 Å². The summed E-state index contributed by atoms with van der Waals surface area (Å²) >= 11 is 0.863. The maximum Gasteiger partial charge on any atom is 0.357 e. The summed E-state index contributed by atoms with van der Waals surface area (Å²) in [6.07, 6.45) is 3.17.